The quantitative estimate of drug-likeness (QED) is 0.124. The fourth-order valence-corrected chi connectivity index (χ4v) is 5.29. The van der Waals surface area contributed by atoms with E-state index in [0.717, 1.165) is 29.2 Å². The van der Waals surface area contributed by atoms with E-state index in [1.54, 1.807) is 19.2 Å². The van der Waals surface area contributed by atoms with E-state index in [1.807, 2.05) is 13.8 Å². The molecular formula is C31H32F4N6O3. The number of anilines is 2. The van der Waals surface area contributed by atoms with Crippen LogP contribution in [0.2, 0.25) is 0 Å². The third kappa shape index (κ3) is 5.99. The highest BCUT2D eigenvalue weighted by Gasteiger charge is 2.39. The Morgan fingerprint density at radius 2 is 1.93 bits per heavy atom. The number of aliphatic imine (C=N–C) groups is 1. The third-order valence-corrected chi connectivity index (χ3v) is 7.38. The average Bonchev–Trinajstić information content (AvgIpc) is 2.99. The van der Waals surface area contributed by atoms with E-state index in [4.69, 9.17) is 0 Å². The number of pyridine rings is 2. The Hall–Kier alpha value is -4.81. The zero-order chi connectivity index (χ0) is 32.3. The molecule has 2 amide bonds. The van der Waals surface area contributed by atoms with E-state index in [-0.39, 0.29) is 42.8 Å². The number of carbonyl (C=O) groups excluding carboxylic acids is 2. The van der Waals surface area contributed by atoms with Crippen LogP contribution in [0.4, 0.5) is 29.1 Å². The van der Waals surface area contributed by atoms with Gasteiger partial charge in [-0.3, -0.25) is 24.5 Å². The predicted molar refractivity (Wildman–Crippen MR) is 158 cm³/mol. The number of alkyl halides is 2. The van der Waals surface area contributed by atoms with Gasteiger partial charge >= 0.3 is 0 Å². The van der Waals surface area contributed by atoms with Crippen molar-refractivity contribution in [1.29, 1.82) is 0 Å². The number of halogens is 4. The number of aromatic hydroxyl groups is 1. The molecule has 1 unspecified atom stereocenters. The number of hydrogen-bond donors (Lipinski definition) is 1. The van der Waals surface area contributed by atoms with Gasteiger partial charge < -0.3 is 14.9 Å². The lowest BCUT2D eigenvalue weighted by Crippen LogP contribution is -2.59. The average molecular weight is 613 g/mol. The molecular weight excluding hydrogens is 580 g/mol. The summed E-state index contributed by atoms with van der Waals surface area (Å²) in [5, 5.41) is 10.5. The van der Waals surface area contributed by atoms with Crippen LogP contribution >= 0.6 is 0 Å². The first kappa shape index (κ1) is 32.1. The van der Waals surface area contributed by atoms with E-state index in [2.05, 4.69) is 21.5 Å². The molecule has 0 bridgehead atoms. The van der Waals surface area contributed by atoms with Gasteiger partial charge in [-0.1, -0.05) is 26.5 Å². The summed E-state index contributed by atoms with van der Waals surface area (Å²) < 4.78 is 59.8. The maximum atomic E-state index is 15.9. The smallest absolute Gasteiger partial charge is 0.260 e. The normalized spacial score (nSPS) is 15.6. The summed E-state index contributed by atoms with van der Waals surface area (Å²) in [6.07, 6.45) is 0.0720. The number of hydrogen-bond acceptors (Lipinski definition) is 6. The number of aryl methyl sites for hydroxylation is 1. The minimum atomic E-state index is -2.95. The van der Waals surface area contributed by atoms with Crippen molar-refractivity contribution in [3.05, 3.63) is 77.6 Å². The molecule has 1 fully saturated rings. The number of rotatable bonds is 8. The lowest BCUT2D eigenvalue weighted by atomic mass is 10.0. The molecule has 2 aromatic heterocycles. The van der Waals surface area contributed by atoms with Crippen molar-refractivity contribution in [2.75, 3.05) is 31.6 Å². The number of amides is 2. The molecule has 0 aliphatic carbocycles. The highest BCUT2D eigenvalue weighted by Crippen LogP contribution is 2.39. The van der Waals surface area contributed by atoms with Crippen LogP contribution in [0.25, 0.3) is 11.3 Å². The number of aromatic nitrogens is 2. The molecule has 44 heavy (non-hydrogen) atoms. The van der Waals surface area contributed by atoms with Gasteiger partial charge in [0.05, 0.1) is 22.5 Å². The van der Waals surface area contributed by atoms with Crippen LogP contribution in [-0.2, 0) is 9.59 Å². The van der Waals surface area contributed by atoms with E-state index in [1.165, 1.54) is 22.9 Å². The van der Waals surface area contributed by atoms with Crippen molar-refractivity contribution in [3.8, 4) is 17.0 Å². The second-order valence-electron chi connectivity index (χ2n) is 10.4. The van der Waals surface area contributed by atoms with E-state index in [0.29, 0.717) is 23.4 Å². The van der Waals surface area contributed by atoms with Gasteiger partial charge in [-0.2, -0.15) is 0 Å². The molecule has 1 N–H and O–H groups in total. The molecule has 1 atom stereocenters. The van der Waals surface area contributed by atoms with Crippen molar-refractivity contribution in [3.63, 3.8) is 0 Å². The van der Waals surface area contributed by atoms with E-state index >= 15 is 4.39 Å². The van der Waals surface area contributed by atoms with Crippen molar-refractivity contribution in [2.24, 2.45) is 4.99 Å². The van der Waals surface area contributed by atoms with Crippen molar-refractivity contribution in [1.82, 2.24) is 19.8 Å². The standard InChI is InChI=1S/C31H32F4N6O3/c1-6-24(44)39-12-13-40(22(15-39)29(34)35)30(36-5)19-14-21(33)27(25-20(32)8-7-9-23(25)43)38-31(19)41(16-42)28-18(4)10-11-37-26(28)17(2)3/h6-11,14,16-17,22,29,43H,1,12-13,15H2,2-5H3/b36-30+. The Kier molecular flexibility index (Phi) is 9.65. The molecule has 1 aliphatic rings. The van der Waals surface area contributed by atoms with E-state index in [9.17, 15) is 27.9 Å². The Balaban J connectivity index is 2.01. The van der Waals surface area contributed by atoms with Crippen LogP contribution in [0, 0.1) is 18.6 Å². The highest BCUT2D eigenvalue weighted by molar-refractivity contribution is 6.07. The Morgan fingerprint density at radius 1 is 1.20 bits per heavy atom. The first-order valence-electron chi connectivity index (χ1n) is 13.8. The van der Waals surface area contributed by atoms with Crippen LogP contribution in [0.3, 0.4) is 0 Å². The zero-order valence-corrected chi connectivity index (χ0v) is 24.6. The molecule has 4 rings (SSSR count). The summed E-state index contributed by atoms with van der Waals surface area (Å²) in [4.78, 5) is 41.7. The summed E-state index contributed by atoms with van der Waals surface area (Å²) >= 11 is 0. The van der Waals surface area contributed by atoms with Gasteiger partial charge in [-0.05, 0) is 48.7 Å². The summed E-state index contributed by atoms with van der Waals surface area (Å²) in [5.41, 5.74) is 0.0861. The molecule has 0 saturated carbocycles. The van der Waals surface area contributed by atoms with Crippen molar-refractivity contribution < 1.29 is 32.3 Å². The van der Waals surface area contributed by atoms with Gasteiger partial charge in [-0.15, -0.1) is 0 Å². The van der Waals surface area contributed by atoms with Gasteiger partial charge in [0.1, 0.15) is 29.1 Å². The maximum absolute atomic E-state index is 15.9. The number of phenolic OH excluding ortho intramolecular Hbond substituents is 1. The second-order valence-corrected chi connectivity index (χ2v) is 10.4. The fraction of sp³-hybridized carbons (Fsp3) is 0.323. The largest absolute Gasteiger partial charge is 0.507 e. The molecule has 9 nitrogen and oxygen atoms in total. The number of nitrogens with zero attached hydrogens (tertiary/aromatic N) is 6. The summed E-state index contributed by atoms with van der Waals surface area (Å²) in [6, 6.07) is 4.43. The number of amidine groups is 1. The van der Waals surface area contributed by atoms with Gasteiger partial charge in [0.15, 0.2) is 11.6 Å². The van der Waals surface area contributed by atoms with Gasteiger partial charge in [0, 0.05) is 32.9 Å². The molecule has 13 heteroatoms. The Morgan fingerprint density at radius 3 is 2.52 bits per heavy atom. The monoisotopic (exact) mass is 612 g/mol. The van der Waals surface area contributed by atoms with Crippen LogP contribution in [0.15, 0.2) is 54.2 Å². The lowest BCUT2D eigenvalue weighted by molar-refractivity contribution is -0.129. The first-order valence-corrected chi connectivity index (χ1v) is 13.8. The van der Waals surface area contributed by atoms with Gasteiger partial charge in [0.25, 0.3) is 6.43 Å². The summed E-state index contributed by atoms with van der Waals surface area (Å²) in [5.74, 6) is -3.77. The van der Waals surface area contributed by atoms with Crippen LogP contribution in [-0.4, -0.2) is 82.2 Å². The minimum Gasteiger partial charge on any atom is -0.507 e. The molecule has 232 valence electrons. The van der Waals surface area contributed by atoms with Crippen LogP contribution < -0.4 is 4.90 Å². The number of phenols is 1. The topological polar surface area (TPSA) is 102 Å². The Bertz CT molecular complexity index is 1590. The summed E-state index contributed by atoms with van der Waals surface area (Å²) in [7, 11) is 1.32. The van der Waals surface area contributed by atoms with E-state index < -0.39 is 47.0 Å². The molecule has 0 radical (unpaired) electrons. The Labute approximate surface area is 252 Å². The zero-order valence-electron chi connectivity index (χ0n) is 24.6. The molecule has 1 aromatic carbocycles. The maximum Gasteiger partial charge on any atom is 0.260 e. The van der Waals surface area contributed by atoms with Crippen LogP contribution in [0.1, 0.15) is 36.6 Å². The molecule has 3 aromatic rings. The van der Waals surface area contributed by atoms with Crippen LogP contribution in [0.5, 0.6) is 5.75 Å². The molecule has 3 heterocycles. The first-order chi connectivity index (χ1) is 20.9. The highest BCUT2D eigenvalue weighted by atomic mass is 19.3. The second kappa shape index (κ2) is 13.2. The minimum absolute atomic E-state index is 0.0378. The number of piperazine rings is 1. The lowest BCUT2D eigenvalue weighted by Gasteiger charge is -2.42. The fourth-order valence-electron chi connectivity index (χ4n) is 5.29. The molecule has 1 aliphatic heterocycles. The third-order valence-electron chi connectivity index (χ3n) is 7.38. The molecule has 1 saturated heterocycles. The predicted octanol–water partition coefficient (Wildman–Crippen LogP) is 5.19. The SMILES string of the molecule is C=CC(=O)N1CCN(/C(=N/C)c2cc(F)c(-c3c(O)cccc3F)nc2N(C=O)c2c(C)ccnc2C(C)C)C(C(F)F)C1. The summed E-state index contributed by atoms with van der Waals surface area (Å²) in [6.45, 7) is 8.41. The van der Waals surface area contributed by atoms with Gasteiger partial charge in [-0.25, -0.2) is 22.5 Å². The number of benzene rings is 1. The van der Waals surface area contributed by atoms with Crippen molar-refractivity contribution >= 4 is 29.7 Å². The number of carbonyl (C=O) groups is 2. The van der Waals surface area contributed by atoms with Crippen molar-refractivity contribution in [2.45, 2.75) is 39.2 Å². The molecule has 0 spiro atoms. The van der Waals surface area contributed by atoms with Gasteiger partial charge in [0.2, 0.25) is 12.3 Å².